The van der Waals surface area contributed by atoms with Crippen LogP contribution in [-0.2, 0) is 9.53 Å². The fourth-order valence-corrected chi connectivity index (χ4v) is 3.27. The van der Waals surface area contributed by atoms with Gasteiger partial charge in [-0.3, -0.25) is 9.69 Å². The molecule has 1 amide bonds. The highest BCUT2D eigenvalue weighted by Gasteiger charge is 2.38. The van der Waals surface area contributed by atoms with Crippen LogP contribution in [0.2, 0.25) is 0 Å². The van der Waals surface area contributed by atoms with Gasteiger partial charge in [-0.2, -0.15) is 0 Å². The van der Waals surface area contributed by atoms with Gasteiger partial charge in [0.25, 0.3) is 0 Å². The summed E-state index contributed by atoms with van der Waals surface area (Å²) in [5, 5.41) is 9.39. The van der Waals surface area contributed by atoms with Crippen molar-refractivity contribution in [2.75, 3.05) is 26.2 Å². The molecule has 1 N–H and O–H groups in total. The molecule has 0 saturated carbocycles. The first-order valence-electron chi connectivity index (χ1n) is 8.21. The van der Waals surface area contributed by atoms with Crippen molar-refractivity contribution in [3.8, 4) is 0 Å². The van der Waals surface area contributed by atoms with Gasteiger partial charge in [-0.25, -0.2) is 4.79 Å². The van der Waals surface area contributed by atoms with Crippen molar-refractivity contribution in [1.29, 1.82) is 0 Å². The fourth-order valence-electron chi connectivity index (χ4n) is 3.27. The predicted molar refractivity (Wildman–Crippen MR) is 82.8 cm³/mol. The zero-order valence-electron chi connectivity index (χ0n) is 13.9. The Morgan fingerprint density at radius 3 is 2.27 bits per heavy atom. The van der Waals surface area contributed by atoms with Crippen molar-refractivity contribution in [3.05, 3.63) is 0 Å². The van der Waals surface area contributed by atoms with Gasteiger partial charge in [0, 0.05) is 19.1 Å². The van der Waals surface area contributed by atoms with E-state index in [1.165, 1.54) is 6.42 Å². The van der Waals surface area contributed by atoms with Crippen LogP contribution < -0.4 is 0 Å². The van der Waals surface area contributed by atoms with Gasteiger partial charge in [-0.15, -0.1) is 0 Å². The monoisotopic (exact) mass is 312 g/mol. The molecule has 22 heavy (non-hydrogen) atoms. The smallest absolute Gasteiger partial charge is 0.410 e. The van der Waals surface area contributed by atoms with Crippen LogP contribution >= 0.6 is 0 Å². The van der Waals surface area contributed by atoms with E-state index in [1.54, 1.807) is 4.90 Å². The first-order chi connectivity index (χ1) is 10.3. The number of carbonyl (C=O) groups is 2. The Bertz CT molecular complexity index is 413. The summed E-state index contributed by atoms with van der Waals surface area (Å²) in [6.45, 7) is 8.29. The van der Waals surface area contributed by atoms with Gasteiger partial charge in [0.05, 0.1) is 5.92 Å². The summed E-state index contributed by atoms with van der Waals surface area (Å²) < 4.78 is 5.42. The number of carboxylic acids is 1. The lowest BCUT2D eigenvalue weighted by molar-refractivity contribution is -0.144. The molecule has 2 fully saturated rings. The molecule has 0 unspecified atom stereocenters. The van der Waals surface area contributed by atoms with Gasteiger partial charge < -0.3 is 14.7 Å². The van der Waals surface area contributed by atoms with E-state index < -0.39 is 23.6 Å². The summed E-state index contributed by atoms with van der Waals surface area (Å²) in [5.74, 6) is -1.33. The molecule has 0 radical (unpaired) electrons. The second kappa shape index (κ2) is 6.86. The minimum absolute atomic E-state index is 0.127. The Hall–Kier alpha value is -1.30. The number of hydrogen-bond acceptors (Lipinski definition) is 4. The van der Waals surface area contributed by atoms with E-state index in [0.29, 0.717) is 13.0 Å². The quantitative estimate of drug-likeness (QED) is 0.846. The van der Waals surface area contributed by atoms with Crippen molar-refractivity contribution in [2.45, 2.75) is 58.1 Å². The predicted octanol–water partition coefficient (Wildman–Crippen LogP) is 2.18. The maximum atomic E-state index is 12.3. The molecule has 0 aromatic heterocycles. The van der Waals surface area contributed by atoms with Gasteiger partial charge in [0.15, 0.2) is 0 Å². The third kappa shape index (κ3) is 4.60. The van der Waals surface area contributed by atoms with Crippen molar-refractivity contribution >= 4 is 12.1 Å². The molecule has 6 nitrogen and oxygen atoms in total. The number of rotatable bonds is 2. The first kappa shape index (κ1) is 17.1. The van der Waals surface area contributed by atoms with Crippen molar-refractivity contribution < 1.29 is 19.4 Å². The lowest BCUT2D eigenvalue weighted by Crippen LogP contribution is -2.55. The topological polar surface area (TPSA) is 70.1 Å². The number of hydrogen-bond donors (Lipinski definition) is 1. The van der Waals surface area contributed by atoms with Crippen LogP contribution in [0.1, 0.15) is 46.5 Å². The number of likely N-dealkylation sites (tertiary alicyclic amines) is 2. The average molecular weight is 312 g/mol. The van der Waals surface area contributed by atoms with Crippen molar-refractivity contribution in [3.63, 3.8) is 0 Å². The largest absolute Gasteiger partial charge is 0.481 e. The second-order valence-corrected chi connectivity index (χ2v) is 7.41. The number of piperidine rings is 2. The molecule has 2 heterocycles. The maximum absolute atomic E-state index is 12.3. The molecule has 0 aliphatic carbocycles. The van der Waals surface area contributed by atoms with Gasteiger partial charge in [-0.05, 0) is 53.1 Å². The van der Waals surface area contributed by atoms with Crippen LogP contribution in [0, 0.1) is 5.92 Å². The molecule has 126 valence electrons. The molecule has 2 saturated heterocycles. The molecule has 0 bridgehead atoms. The van der Waals surface area contributed by atoms with E-state index in [-0.39, 0.29) is 12.6 Å². The minimum Gasteiger partial charge on any atom is -0.481 e. The highest BCUT2D eigenvalue weighted by atomic mass is 16.6. The summed E-state index contributed by atoms with van der Waals surface area (Å²) in [5.41, 5.74) is -0.562. The van der Waals surface area contributed by atoms with Gasteiger partial charge in [0.1, 0.15) is 5.60 Å². The zero-order valence-corrected chi connectivity index (χ0v) is 13.9. The number of ether oxygens (including phenoxy) is 1. The lowest BCUT2D eigenvalue weighted by Gasteiger charge is -2.43. The standard InChI is InChI=1S/C16H28N2O4/c1-16(2,3)22-15(21)18-10-12(14(19)20)9-13(11-18)17-7-5-4-6-8-17/h12-13H,4-11H2,1-3H3,(H,19,20)/t12-,13-/m0/s1. The molecule has 2 aliphatic heterocycles. The third-order valence-corrected chi connectivity index (χ3v) is 4.34. The van der Waals surface area contributed by atoms with Crippen LogP contribution in [0.15, 0.2) is 0 Å². The molecule has 0 aromatic carbocycles. The maximum Gasteiger partial charge on any atom is 0.410 e. The van der Waals surface area contributed by atoms with Crippen LogP contribution in [0.3, 0.4) is 0 Å². The summed E-state index contributed by atoms with van der Waals surface area (Å²) in [6, 6.07) is 0.127. The van der Waals surface area contributed by atoms with Crippen LogP contribution in [-0.4, -0.2) is 64.8 Å². The Morgan fingerprint density at radius 1 is 1.09 bits per heavy atom. The molecule has 0 spiro atoms. The summed E-state index contributed by atoms with van der Waals surface area (Å²) in [6.07, 6.45) is 3.76. The molecule has 2 rings (SSSR count). The van der Waals surface area contributed by atoms with E-state index in [9.17, 15) is 14.7 Å². The Morgan fingerprint density at radius 2 is 1.73 bits per heavy atom. The third-order valence-electron chi connectivity index (χ3n) is 4.34. The lowest BCUT2D eigenvalue weighted by atomic mass is 9.92. The van der Waals surface area contributed by atoms with Crippen molar-refractivity contribution in [2.24, 2.45) is 5.92 Å². The average Bonchev–Trinajstić information content (AvgIpc) is 2.46. The highest BCUT2D eigenvalue weighted by molar-refractivity contribution is 5.73. The number of carbonyl (C=O) groups excluding carboxylic acids is 1. The van der Waals surface area contributed by atoms with Gasteiger partial charge in [-0.1, -0.05) is 6.42 Å². The van der Waals surface area contributed by atoms with Gasteiger partial charge in [0.2, 0.25) is 0 Å². The summed E-state index contributed by atoms with van der Waals surface area (Å²) in [7, 11) is 0. The summed E-state index contributed by atoms with van der Waals surface area (Å²) in [4.78, 5) is 27.7. The zero-order chi connectivity index (χ0) is 16.3. The Balaban J connectivity index is 2.05. The fraction of sp³-hybridized carbons (Fsp3) is 0.875. The van der Waals surface area contributed by atoms with E-state index in [1.807, 2.05) is 20.8 Å². The molecule has 6 heteroatoms. The number of amides is 1. The highest BCUT2D eigenvalue weighted by Crippen LogP contribution is 2.25. The van der Waals surface area contributed by atoms with Crippen LogP contribution in [0.5, 0.6) is 0 Å². The number of nitrogens with zero attached hydrogens (tertiary/aromatic N) is 2. The molecule has 2 aliphatic rings. The molecular weight excluding hydrogens is 284 g/mol. The summed E-state index contributed by atoms with van der Waals surface area (Å²) >= 11 is 0. The molecule has 2 atom stereocenters. The number of carboxylic acid groups (broad SMARTS) is 1. The Kier molecular flexibility index (Phi) is 5.32. The van der Waals surface area contributed by atoms with E-state index >= 15 is 0 Å². The molecule has 0 aromatic rings. The minimum atomic E-state index is -0.824. The van der Waals surface area contributed by atoms with E-state index in [2.05, 4.69) is 4.90 Å². The normalized spacial score (nSPS) is 27.5. The molecular formula is C16H28N2O4. The van der Waals surface area contributed by atoms with Crippen molar-refractivity contribution in [1.82, 2.24) is 9.80 Å². The Labute approximate surface area is 132 Å². The van der Waals surface area contributed by atoms with Crippen LogP contribution in [0.25, 0.3) is 0 Å². The number of aliphatic carboxylic acids is 1. The van der Waals surface area contributed by atoms with E-state index in [4.69, 9.17) is 4.74 Å². The SMILES string of the molecule is CC(C)(C)OC(=O)N1C[C@@H](C(=O)O)C[C@H](N2CCCCC2)C1. The van der Waals surface area contributed by atoms with Crippen LogP contribution in [0.4, 0.5) is 4.79 Å². The second-order valence-electron chi connectivity index (χ2n) is 7.41. The first-order valence-corrected chi connectivity index (χ1v) is 8.21. The van der Waals surface area contributed by atoms with Gasteiger partial charge >= 0.3 is 12.1 Å². The van der Waals surface area contributed by atoms with E-state index in [0.717, 1.165) is 25.9 Å².